The molecule has 2 saturated heterocycles. The summed E-state index contributed by atoms with van der Waals surface area (Å²) in [5.41, 5.74) is -0.343. The topological polar surface area (TPSA) is 59.0 Å². The Morgan fingerprint density at radius 2 is 1.72 bits per heavy atom. The van der Waals surface area contributed by atoms with E-state index in [9.17, 15) is 18.7 Å². The van der Waals surface area contributed by atoms with Gasteiger partial charge < -0.3 is 19.5 Å². The number of carbonyl (C=O) groups excluding carboxylic acids is 1. The van der Waals surface area contributed by atoms with Gasteiger partial charge in [0, 0.05) is 24.9 Å². The van der Waals surface area contributed by atoms with Crippen LogP contribution in [-0.4, -0.2) is 35.3 Å². The van der Waals surface area contributed by atoms with Gasteiger partial charge in [0.25, 0.3) is 0 Å². The fourth-order valence-corrected chi connectivity index (χ4v) is 4.58. The minimum absolute atomic E-state index is 0.169. The van der Waals surface area contributed by atoms with Gasteiger partial charge in [0.2, 0.25) is 0 Å². The summed E-state index contributed by atoms with van der Waals surface area (Å²) in [6.45, 7) is 0.175. The Labute approximate surface area is 167 Å². The average Bonchev–Trinajstić information content (AvgIpc) is 2.98. The largest absolute Gasteiger partial charge is 0.491 e. The van der Waals surface area contributed by atoms with Crippen molar-refractivity contribution in [3.05, 3.63) is 65.2 Å². The summed E-state index contributed by atoms with van der Waals surface area (Å²) in [6, 6.07) is 11.2. The molecule has 0 aromatic heterocycles. The molecule has 2 aromatic rings. The number of methoxy groups -OCH3 is 1. The molecule has 2 unspecified atom stereocenters. The summed E-state index contributed by atoms with van der Waals surface area (Å²) in [6.07, 6.45) is 1.42. The fraction of sp³-hybridized carbons (Fsp3) is 0.409. The summed E-state index contributed by atoms with van der Waals surface area (Å²) in [7, 11) is 1.19. The first-order valence-electron chi connectivity index (χ1n) is 9.66. The number of piperidine rings is 1. The first kappa shape index (κ1) is 19.6. The molecule has 2 fully saturated rings. The van der Waals surface area contributed by atoms with Crippen molar-refractivity contribution in [1.29, 1.82) is 0 Å². The summed E-state index contributed by atoms with van der Waals surface area (Å²) in [5.74, 6) is -2.18. The predicted octanol–water partition coefficient (Wildman–Crippen LogP) is 4.12. The molecule has 7 heteroatoms. The molecule has 154 valence electrons. The third kappa shape index (κ3) is 3.67. The van der Waals surface area contributed by atoms with Crippen molar-refractivity contribution < 1.29 is 28.2 Å². The summed E-state index contributed by atoms with van der Waals surface area (Å²) in [5, 5.41) is 11.2. The number of halogens is 2. The SMILES string of the molecule is COc1c(F)cc(C2(O)CC3CCC(C2)N3C(=O)OCc2ccccc2)cc1F. The smallest absolute Gasteiger partial charge is 0.410 e. The van der Waals surface area contributed by atoms with E-state index in [-0.39, 0.29) is 37.1 Å². The van der Waals surface area contributed by atoms with Crippen molar-refractivity contribution >= 4 is 6.09 Å². The lowest BCUT2D eigenvalue weighted by Gasteiger charge is -2.43. The van der Waals surface area contributed by atoms with Crippen molar-refractivity contribution in [2.75, 3.05) is 7.11 Å². The molecule has 0 aliphatic carbocycles. The van der Waals surface area contributed by atoms with Crippen molar-refractivity contribution in [1.82, 2.24) is 4.90 Å². The maximum Gasteiger partial charge on any atom is 0.410 e. The normalized spacial score (nSPS) is 25.7. The second kappa shape index (κ2) is 7.63. The van der Waals surface area contributed by atoms with Crippen LogP contribution in [0.25, 0.3) is 0 Å². The maximum atomic E-state index is 14.2. The monoisotopic (exact) mass is 403 g/mol. The van der Waals surface area contributed by atoms with Gasteiger partial charge >= 0.3 is 6.09 Å². The molecule has 0 saturated carbocycles. The van der Waals surface area contributed by atoms with Crippen molar-refractivity contribution in [3.8, 4) is 5.75 Å². The summed E-state index contributed by atoms with van der Waals surface area (Å²) >= 11 is 0. The molecule has 2 aliphatic heterocycles. The van der Waals surface area contributed by atoms with E-state index >= 15 is 0 Å². The minimum Gasteiger partial charge on any atom is -0.491 e. The Bertz CT molecular complexity index is 868. The van der Waals surface area contributed by atoms with Gasteiger partial charge in [0.15, 0.2) is 17.4 Å². The standard InChI is InChI=1S/C22H23F2NO4/c1-28-20-18(23)9-15(10-19(20)24)22(27)11-16-7-8-17(12-22)25(16)21(26)29-13-14-5-3-2-4-6-14/h2-6,9-10,16-17,27H,7-8,11-13H2,1H3. The molecule has 1 amide bonds. The quantitative estimate of drug-likeness (QED) is 0.834. The second-order valence-corrected chi connectivity index (χ2v) is 7.75. The van der Waals surface area contributed by atoms with Crippen LogP contribution in [0.4, 0.5) is 13.6 Å². The lowest BCUT2D eigenvalue weighted by molar-refractivity contribution is -0.0540. The number of rotatable bonds is 4. The van der Waals surface area contributed by atoms with Gasteiger partial charge in [-0.15, -0.1) is 0 Å². The third-order valence-corrected chi connectivity index (χ3v) is 5.92. The van der Waals surface area contributed by atoms with E-state index in [4.69, 9.17) is 9.47 Å². The second-order valence-electron chi connectivity index (χ2n) is 7.75. The van der Waals surface area contributed by atoms with E-state index < -0.39 is 29.1 Å². The van der Waals surface area contributed by atoms with Crippen LogP contribution in [0.1, 0.15) is 36.8 Å². The Balaban J connectivity index is 1.49. The number of aliphatic hydroxyl groups is 1. The molecule has 29 heavy (non-hydrogen) atoms. The van der Waals surface area contributed by atoms with Crippen LogP contribution in [-0.2, 0) is 16.9 Å². The molecule has 0 spiro atoms. The van der Waals surface area contributed by atoms with Crippen LogP contribution in [0, 0.1) is 11.6 Å². The van der Waals surface area contributed by atoms with Crippen LogP contribution in [0.2, 0.25) is 0 Å². The van der Waals surface area contributed by atoms with E-state index in [1.165, 1.54) is 7.11 Å². The highest BCUT2D eigenvalue weighted by Gasteiger charge is 2.51. The van der Waals surface area contributed by atoms with Gasteiger partial charge in [-0.3, -0.25) is 0 Å². The average molecular weight is 403 g/mol. The highest BCUT2D eigenvalue weighted by Crippen LogP contribution is 2.46. The Morgan fingerprint density at radius 1 is 1.14 bits per heavy atom. The molecular formula is C22H23F2NO4. The zero-order valence-electron chi connectivity index (χ0n) is 16.1. The molecule has 2 bridgehead atoms. The fourth-order valence-electron chi connectivity index (χ4n) is 4.58. The molecule has 2 aliphatic rings. The van der Waals surface area contributed by atoms with E-state index in [1.807, 2.05) is 30.3 Å². The van der Waals surface area contributed by atoms with E-state index in [1.54, 1.807) is 4.90 Å². The highest BCUT2D eigenvalue weighted by molar-refractivity contribution is 5.69. The lowest BCUT2D eigenvalue weighted by atomic mass is 9.80. The molecular weight excluding hydrogens is 380 g/mol. The number of hydrogen-bond donors (Lipinski definition) is 1. The van der Waals surface area contributed by atoms with Crippen LogP contribution in [0.15, 0.2) is 42.5 Å². The van der Waals surface area contributed by atoms with E-state index in [0.717, 1.165) is 17.7 Å². The zero-order valence-corrected chi connectivity index (χ0v) is 16.1. The Morgan fingerprint density at radius 3 is 2.28 bits per heavy atom. The molecule has 4 rings (SSSR count). The molecule has 2 heterocycles. The third-order valence-electron chi connectivity index (χ3n) is 5.92. The Kier molecular flexibility index (Phi) is 5.17. The first-order chi connectivity index (χ1) is 13.9. The number of carbonyl (C=O) groups is 1. The molecule has 5 nitrogen and oxygen atoms in total. The van der Waals surface area contributed by atoms with Gasteiger partial charge in [-0.2, -0.15) is 0 Å². The van der Waals surface area contributed by atoms with E-state index in [0.29, 0.717) is 12.8 Å². The molecule has 2 atom stereocenters. The molecule has 1 N–H and O–H groups in total. The van der Waals surface area contributed by atoms with Crippen LogP contribution >= 0.6 is 0 Å². The van der Waals surface area contributed by atoms with Crippen molar-refractivity contribution in [2.45, 2.75) is 50.0 Å². The molecule has 2 aromatic carbocycles. The Hall–Kier alpha value is -2.67. The van der Waals surface area contributed by atoms with Gasteiger partial charge in [0.05, 0.1) is 12.7 Å². The first-order valence-corrected chi connectivity index (χ1v) is 9.66. The van der Waals surface area contributed by atoms with Crippen molar-refractivity contribution in [3.63, 3.8) is 0 Å². The predicted molar refractivity (Wildman–Crippen MR) is 101 cm³/mol. The number of amides is 1. The summed E-state index contributed by atoms with van der Waals surface area (Å²) < 4.78 is 38.5. The van der Waals surface area contributed by atoms with Gasteiger partial charge in [-0.25, -0.2) is 13.6 Å². The minimum atomic E-state index is -1.41. The number of nitrogens with zero attached hydrogens (tertiary/aromatic N) is 1. The van der Waals surface area contributed by atoms with Gasteiger partial charge in [0.1, 0.15) is 6.61 Å². The zero-order chi connectivity index (χ0) is 20.6. The van der Waals surface area contributed by atoms with Gasteiger partial charge in [-0.05, 0) is 36.1 Å². The van der Waals surface area contributed by atoms with Gasteiger partial charge in [-0.1, -0.05) is 30.3 Å². The highest BCUT2D eigenvalue weighted by atomic mass is 19.1. The van der Waals surface area contributed by atoms with Crippen LogP contribution in [0.5, 0.6) is 5.75 Å². The maximum absolute atomic E-state index is 14.2. The van der Waals surface area contributed by atoms with Crippen LogP contribution in [0.3, 0.4) is 0 Å². The summed E-state index contributed by atoms with van der Waals surface area (Å²) in [4.78, 5) is 14.3. The number of benzene rings is 2. The van der Waals surface area contributed by atoms with Crippen molar-refractivity contribution in [2.24, 2.45) is 0 Å². The van der Waals surface area contributed by atoms with Crippen LogP contribution < -0.4 is 4.74 Å². The lowest BCUT2D eigenvalue weighted by Crippen LogP contribution is -2.52. The number of ether oxygens (including phenoxy) is 2. The number of hydrogen-bond acceptors (Lipinski definition) is 4. The van der Waals surface area contributed by atoms with E-state index in [2.05, 4.69) is 0 Å². The molecule has 0 radical (unpaired) electrons. The number of fused-ring (bicyclic) bond motifs is 2.